The van der Waals surface area contributed by atoms with Gasteiger partial charge in [0.1, 0.15) is 0 Å². The number of carbonyl (C=O) groups is 1. The number of rotatable bonds is 8. The zero-order valence-electron chi connectivity index (χ0n) is 16.1. The van der Waals surface area contributed by atoms with Crippen molar-refractivity contribution in [1.29, 1.82) is 0 Å². The van der Waals surface area contributed by atoms with Gasteiger partial charge in [-0.25, -0.2) is 0 Å². The first kappa shape index (κ1) is 22.5. The molecule has 0 spiro atoms. The Morgan fingerprint density at radius 1 is 1.12 bits per heavy atom. The SMILES string of the molecule is CCNC(=NCC(CC)CC)N1CCN(CC(=O)NC2CC2)CC1.I. The minimum atomic E-state index is 0. The lowest BCUT2D eigenvalue weighted by atomic mass is 10.0. The molecule has 1 heterocycles. The summed E-state index contributed by atoms with van der Waals surface area (Å²) >= 11 is 0. The second-order valence-electron chi connectivity index (χ2n) is 6.98. The first-order valence-corrected chi connectivity index (χ1v) is 9.71. The van der Waals surface area contributed by atoms with E-state index in [-0.39, 0.29) is 29.9 Å². The van der Waals surface area contributed by atoms with E-state index in [1.54, 1.807) is 0 Å². The molecule has 1 aliphatic carbocycles. The fraction of sp³-hybridized carbons (Fsp3) is 0.889. The molecular formula is C18H36IN5O. The molecule has 146 valence electrons. The molecule has 0 unspecified atom stereocenters. The first-order valence-electron chi connectivity index (χ1n) is 9.71. The van der Waals surface area contributed by atoms with Crippen molar-refractivity contribution in [1.82, 2.24) is 20.4 Å². The quantitative estimate of drug-likeness (QED) is 0.327. The molecule has 6 nitrogen and oxygen atoms in total. The lowest BCUT2D eigenvalue weighted by Crippen LogP contribution is -2.54. The van der Waals surface area contributed by atoms with Crippen LogP contribution >= 0.6 is 24.0 Å². The van der Waals surface area contributed by atoms with E-state index < -0.39 is 0 Å². The van der Waals surface area contributed by atoms with E-state index in [4.69, 9.17) is 4.99 Å². The molecule has 0 aromatic heterocycles. The lowest BCUT2D eigenvalue weighted by molar-refractivity contribution is -0.122. The van der Waals surface area contributed by atoms with Crippen molar-refractivity contribution in [3.05, 3.63) is 0 Å². The van der Waals surface area contributed by atoms with Gasteiger partial charge in [-0.15, -0.1) is 24.0 Å². The van der Waals surface area contributed by atoms with Gasteiger partial charge in [0.25, 0.3) is 0 Å². The summed E-state index contributed by atoms with van der Waals surface area (Å²) < 4.78 is 0. The van der Waals surface area contributed by atoms with Crippen molar-refractivity contribution in [2.75, 3.05) is 45.8 Å². The Morgan fingerprint density at radius 3 is 2.28 bits per heavy atom. The van der Waals surface area contributed by atoms with Crippen LogP contribution < -0.4 is 10.6 Å². The van der Waals surface area contributed by atoms with Crippen LogP contribution in [-0.4, -0.2) is 73.5 Å². The standard InChI is InChI=1S/C18H35N5O.HI/c1-4-15(5-2)13-20-18(19-6-3)23-11-9-22(10-12-23)14-17(24)21-16-7-8-16;/h15-16H,4-14H2,1-3H3,(H,19,20)(H,21,24);1H. The third-order valence-corrected chi connectivity index (χ3v) is 4.97. The van der Waals surface area contributed by atoms with Crippen LogP contribution in [0.15, 0.2) is 4.99 Å². The number of guanidine groups is 1. The van der Waals surface area contributed by atoms with E-state index >= 15 is 0 Å². The molecule has 1 amide bonds. The average molecular weight is 465 g/mol. The third-order valence-electron chi connectivity index (χ3n) is 4.97. The smallest absolute Gasteiger partial charge is 0.234 e. The Balaban J connectivity index is 0.00000312. The number of nitrogens with one attached hydrogen (secondary N) is 2. The van der Waals surface area contributed by atoms with Crippen LogP contribution in [0.2, 0.25) is 0 Å². The molecule has 2 fully saturated rings. The summed E-state index contributed by atoms with van der Waals surface area (Å²) in [5, 5.41) is 6.49. The largest absolute Gasteiger partial charge is 0.357 e. The van der Waals surface area contributed by atoms with Gasteiger partial charge < -0.3 is 15.5 Å². The summed E-state index contributed by atoms with van der Waals surface area (Å²) in [6, 6.07) is 0.455. The zero-order valence-corrected chi connectivity index (χ0v) is 18.4. The van der Waals surface area contributed by atoms with Crippen LogP contribution in [0.3, 0.4) is 0 Å². The lowest BCUT2D eigenvalue weighted by Gasteiger charge is -2.36. The Hall–Kier alpha value is -0.570. The van der Waals surface area contributed by atoms with Crippen molar-refractivity contribution in [2.24, 2.45) is 10.9 Å². The maximum atomic E-state index is 11.9. The van der Waals surface area contributed by atoms with Crippen molar-refractivity contribution >= 4 is 35.8 Å². The van der Waals surface area contributed by atoms with E-state index in [0.29, 0.717) is 18.5 Å². The maximum Gasteiger partial charge on any atom is 0.234 e. The highest BCUT2D eigenvalue weighted by Crippen LogP contribution is 2.18. The van der Waals surface area contributed by atoms with Crippen LogP contribution in [0.25, 0.3) is 0 Å². The fourth-order valence-corrected chi connectivity index (χ4v) is 3.01. The van der Waals surface area contributed by atoms with E-state index in [9.17, 15) is 4.79 Å². The van der Waals surface area contributed by atoms with E-state index in [0.717, 1.165) is 58.1 Å². The summed E-state index contributed by atoms with van der Waals surface area (Å²) in [4.78, 5) is 21.4. The Labute approximate surface area is 170 Å². The van der Waals surface area contributed by atoms with Gasteiger partial charge in [-0.3, -0.25) is 14.7 Å². The second-order valence-corrected chi connectivity index (χ2v) is 6.98. The second kappa shape index (κ2) is 11.9. The van der Waals surface area contributed by atoms with Gasteiger partial charge in [0.2, 0.25) is 5.91 Å². The number of aliphatic imine (C=N–C) groups is 1. The third kappa shape index (κ3) is 8.11. The maximum absolute atomic E-state index is 11.9. The molecule has 0 aromatic rings. The van der Waals surface area contributed by atoms with Crippen molar-refractivity contribution in [2.45, 2.75) is 52.5 Å². The minimum Gasteiger partial charge on any atom is -0.357 e. The number of piperazine rings is 1. The highest BCUT2D eigenvalue weighted by atomic mass is 127. The molecule has 1 saturated heterocycles. The van der Waals surface area contributed by atoms with Gasteiger partial charge >= 0.3 is 0 Å². The number of halogens is 1. The molecule has 1 saturated carbocycles. The minimum absolute atomic E-state index is 0. The van der Waals surface area contributed by atoms with Gasteiger partial charge in [0.05, 0.1) is 6.54 Å². The number of hydrogen-bond donors (Lipinski definition) is 2. The van der Waals surface area contributed by atoms with Crippen LogP contribution in [-0.2, 0) is 4.79 Å². The number of carbonyl (C=O) groups excluding carboxylic acids is 1. The van der Waals surface area contributed by atoms with Crippen molar-refractivity contribution in [3.63, 3.8) is 0 Å². The molecular weight excluding hydrogens is 429 g/mol. The van der Waals surface area contributed by atoms with Gasteiger partial charge in [0, 0.05) is 45.3 Å². The molecule has 0 bridgehead atoms. The highest BCUT2D eigenvalue weighted by Gasteiger charge is 2.25. The van der Waals surface area contributed by atoms with E-state index in [1.165, 1.54) is 12.8 Å². The topological polar surface area (TPSA) is 60.0 Å². The summed E-state index contributed by atoms with van der Waals surface area (Å²) in [6.45, 7) is 12.6. The van der Waals surface area contributed by atoms with Gasteiger partial charge in [-0.2, -0.15) is 0 Å². The van der Waals surface area contributed by atoms with Gasteiger partial charge in [0.15, 0.2) is 5.96 Å². The van der Waals surface area contributed by atoms with Crippen molar-refractivity contribution < 1.29 is 4.79 Å². The molecule has 25 heavy (non-hydrogen) atoms. The zero-order chi connectivity index (χ0) is 17.4. The molecule has 0 aromatic carbocycles. The molecule has 0 radical (unpaired) electrons. The summed E-state index contributed by atoms with van der Waals surface area (Å²) in [5.74, 6) is 1.89. The first-order chi connectivity index (χ1) is 11.7. The predicted octanol–water partition coefficient (Wildman–Crippen LogP) is 1.90. The Kier molecular flexibility index (Phi) is 10.7. The summed E-state index contributed by atoms with van der Waals surface area (Å²) in [6.07, 6.45) is 4.67. The fourth-order valence-electron chi connectivity index (χ4n) is 3.01. The molecule has 2 rings (SSSR count). The van der Waals surface area contributed by atoms with E-state index in [1.807, 2.05) is 0 Å². The molecule has 2 N–H and O–H groups in total. The van der Waals surface area contributed by atoms with Gasteiger partial charge in [-0.05, 0) is 25.7 Å². The highest BCUT2D eigenvalue weighted by molar-refractivity contribution is 14.0. The van der Waals surface area contributed by atoms with Crippen molar-refractivity contribution in [3.8, 4) is 0 Å². The molecule has 1 aliphatic heterocycles. The number of amides is 1. The molecule has 2 aliphatic rings. The number of nitrogens with zero attached hydrogens (tertiary/aromatic N) is 3. The van der Waals surface area contributed by atoms with Crippen LogP contribution in [0.1, 0.15) is 46.5 Å². The van der Waals surface area contributed by atoms with Crippen LogP contribution in [0.5, 0.6) is 0 Å². The normalized spacial score (nSPS) is 18.9. The van der Waals surface area contributed by atoms with Crippen LogP contribution in [0, 0.1) is 5.92 Å². The number of hydrogen-bond acceptors (Lipinski definition) is 3. The Bertz CT molecular complexity index is 416. The average Bonchev–Trinajstić information content (AvgIpc) is 3.39. The monoisotopic (exact) mass is 465 g/mol. The molecule has 7 heteroatoms. The Morgan fingerprint density at radius 2 is 1.76 bits per heavy atom. The van der Waals surface area contributed by atoms with Gasteiger partial charge in [-0.1, -0.05) is 26.7 Å². The van der Waals surface area contributed by atoms with Crippen LogP contribution in [0.4, 0.5) is 0 Å². The van der Waals surface area contributed by atoms with E-state index in [2.05, 4.69) is 41.2 Å². The summed E-state index contributed by atoms with van der Waals surface area (Å²) in [7, 11) is 0. The summed E-state index contributed by atoms with van der Waals surface area (Å²) in [5.41, 5.74) is 0. The predicted molar refractivity (Wildman–Crippen MR) is 115 cm³/mol. The molecule has 0 atom stereocenters.